The number of halogens is 1. The Balaban J connectivity index is 1.69. The Hall–Kier alpha value is -2.84. The molecule has 5 N–H and O–H groups in total. The van der Waals surface area contributed by atoms with Gasteiger partial charge in [-0.3, -0.25) is 4.68 Å². The molecule has 8 nitrogen and oxygen atoms in total. The number of aromatic nitrogens is 4. The molecule has 0 saturated carbocycles. The van der Waals surface area contributed by atoms with Gasteiger partial charge >= 0.3 is 0 Å². The molecule has 0 fully saturated rings. The lowest BCUT2D eigenvalue weighted by Crippen LogP contribution is -2.05. The highest BCUT2D eigenvalue weighted by molar-refractivity contribution is 6.32. The molecule has 0 saturated heterocycles. The van der Waals surface area contributed by atoms with Crippen LogP contribution in [0.25, 0.3) is 0 Å². The van der Waals surface area contributed by atoms with Crippen LogP contribution in [0.5, 0.6) is 0 Å². The number of nitrogens with zero attached hydrogens (tertiary/aromatic N) is 4. The Labute approximate surface area is 149 Å². The van der Waals surface area contributed by atoms with Crippen LogP contribution in [0, 0.1) is 0 Å². The van der Waals surface area contributed by atoms with Gasteiger partial charge in [-0.25, -0.2) is 4.98 Å². The van der Waals surface area contributed by atoms with E-state index < -0.39 is 0 Å². The number of nitrogens with two attached hydrogens (primary N) is 1. The molecular formula is C16H18ClN7O. The fraction of sp³-hybridized carbons (Fsp3) is 0.188. The SMILES string of the molecule is Nc1cccc(CNc2nc(Nc3cnn(CCO)c3)ncc2Cl)c1. The van der Waals surface area contributed by atoms with Crippen LogP contribution >= 0.6 is 11.6 Å². The van der Waals surface area contributed by atoms with E-state index >= 15 is 0 Å². The van der Waals surface area contributed by atoms with Crippen molar-refractivity contribution < 1.29 is 5.11 Å². The number of aliphatic hydroxyl groups excluding tert-OH is 1. The molecule has 0 amide bonds. The maximum absolute atomic E-state index is 8.92. The minimum Gasteiger partial charge on any atom is -0.399 e. The average Bonchev–Trinajstić information content (AvgIpc) is 3.03. The Morgan fingerprint density at radius 1 is 1.28 bits per heavy atom. The smallest absolute Gasteiger partial charge is 0.229 e. The first-order chi connectivity index (χ1) is 12.1. The molecule has 2 aromatic heterocycles. The number of rotatable bonds is 7. The fourth-order valence-electron chi connectivity index (χ4n) is 2.22. The highest BCUT2D eigenvalue weighted by Gasteiger charge is 2.07. The molecule has 3 aromatic rings. The van der Waals surface area contributed by atoms with Gasteiger partial charge in [0.05, 0.1) is 31.2 Å². The van der Waals surface area contributed by atoms with E-state index in [9.17, 15) is 0 Å². The van der Waals surface area contributed by atoms with Gasteiger partial charge in [-0.05, 0) is 17.7 Å². The first-order valence-electron chi connectivity index (χ1n) is 7.65. The molecule has 130 valence electrons. The van der Waals surface area contributed by atoms with E-state index in [1.807, 2.05) is 24.3 Å². The summed E-state index contributed by atoms with van der Waals surface area (Å²) >= 11 is 6.16. The monoisotopic (exact) mass is 359 g/mol. The van der Waals surface area contributed by atoms with Crippen molar-refractivity contribution in [2.24, 2.45) is 0 Å². The molecule has 1 aromatic carbocycles. The van der Waals surface area contributed by atoms with Crippen LogP contribution in [0.1, 0.15) is 5.56 Å². The van der Waals surface area contributed by atoms with Crippen LogP contribution in [0.3, 0.4) is 0 Å². The Morgan fingerprint density at radius 3 is 2.96 bits per heavy atom. The maximum atomic E-state index is 8.92. The van der Waals surface area contributed by atoms with Gasteiger partial charge in [0.25, 0.3) is 0 Å². The van der Waals surface area contributed by atoms with E-state index in [0.29, 0.717) is 35.6 Å². The summed E-state index contributed by atoms with van der Waals surface area (Å²) in [5.74, 6) is 0.910. The maximum Gasteiger partial charge on any atom is 0.229 e. The lowest BCUT2D eigenvalue weighted by Gasteiger charge is -2.10. The zero-order chi connectivity index (χ0) is 17.6. The van der Waals surface area contributed by atoms with Gasteiger partial charge in [-0.15, -0.1) is 0 Å². The average molecular weight is 360 g/mol. The molecule has 0 unspecified atom stereocenters. The minimum absolute atomic E-state index is 0.0244. The van der Waals surface area contributed by atoms with Crippen LogP contribution in [-0.4, -0.2) is 31.5 Å². The summed E-state index contributed by atoms with van der Waals surface area (Å²) in [4.78, 5) is 8.54. The number of aliphatic hydroxyl groups is 1. The third-order valence-corrected chi connectivity index (χ3v) is 3.65. The fourth-order valence-corrected chi connectivity index (χ4v) is 2.38. The molecule has 3 rings (SSSR count). The lowest BCUT2D eigenvalue weighted by molar-refractivity contribution is 0.269. The molecule has 0 spiro atoms. The van der Waals surface area contributed by atoms with E-state index in [-0.39, 0.29) is 6.61 Å². The van der Waals surface area contributed by atoms with Crippen molar-refractivity contribution in [1.82, 2.24) is 19.7 Å². The molecule has 2 heterocycles. The summed E-state index contributed by atoms with van der Waals surface area (Å²) in [7, 11) is 0. The van der Waals surface area contributed by atoms with Crippen molar-refractivity contribution in [3.05, 3.63) is 53.4 Å². The summed E-state index contributed by atoms with van der Waals surface area (Å²) < 4.78 is 1.62. The van der Waals surface area contributed by atoms with Gasteiger partial charge < -0.3 is 21.5 Å². The molecule has 0 aliphatic rings. The van der Waals surface area contributed by atoms with E-state index in [2.05, 4.69) is 25.7 Å². The Kier molecular flexibility index (Phi) is 5.32. The zero-order valence-corrected chi connectivity index (χ0v) is 14.1. The van der Waals surface area contributed by atoms with Crippen LogP contribution in [-0.2, 0) is 13.1 Å². The predicted molar refractivity (Wildman–Crippen MR) is 97.8 cm³/mol. The van der Waals surface area contributed by atoms with Crippen molar-refractivity contribution in [2.45, 2.75) is 13.1 Å². The van der Waals surface area contributed by atoms with E-state index in [4.69, 9.17) is 22.4 Å². The third kappa shape index (κ3) is 4.59. The van der Waals surface area contributed by atoms with Gasteiger partial charge in [0.1, 0.15) is 5.02 Å². The van der Waals surface area contributed by atoms with Gasteiger partial charge in [-0.2, -0.15) is 10.1 Å². The van der Waals surface area contributed by atoms with Gasteiger partial charge in [0.15, 0.2) is 5.82 Å². The van der Waals surface area contributed by atoms with E-state index in [0.717, 1.165) is 11.3 Å². The van der Waals surface area contributed by atoms with Crippen molar-refractivity contribution in [3.63, 3.8) is 0 Å². The number of anilines is 4. The number of benzene rings is 1. The molecule has 0 atom stereocenters. The van der Waals surface area contributed by atoms with Gasteiger partial charge in [0, 0.05) is 18.4 Å². The normalized spacial score (nSPS) is 10.6. The topological polar surface area (TPSA) is 114 Å². The zero-order valence-electron chi connectivity index (χ0n) is 13.4. The Bertz CT molecular complexity index is 852. The first kappa shape index (κ1) is 17.0. The molecular weight excluding hydrogens is 342 g/mol. The highest BCUT2D eigenvalue weighted by Crippen LogP contribution is 2.22. The number of hydrogen-bond donors (Lipinski definition) is 4. The summed E-state index contributed by atoms with van der Waals surface area (Å²) in [6.45, 7) is 0.989. The standard InChI is InChI=1S/C16H18ClN7O/c17-14-9-20-16(22-13-8-21-24(10-13)4-5-25)23-15(14)19-7-11-2-1-3-12(18)6-11/h1-3,6,8-10,25H,4-5,7,18H2,(H2,19,20,22,23). The summed E-state index contributed by atoms with van der Waals surface area (Å²) in [6, 6.07) is 7.58. The van der Waals surface area contributed by atoms with Crippen LogP contribution in [0.15, 0.2) is 42.9 Å². The molecule has 0 aliphatic heterocycles. The summed E-state index contributed by atoms with van der Waals surface area (Å²) in [5, 5.41) is 19.7. The predicted octanol–water partition coefficient (Wildman–Crippen LogP) is 2.26. The summed E-state index contributed by atoms with van der Waals surface area (Å²) in [6.07, 6.45) is 4.91. The number of nitrogens with one attached hydrogen (secondary N) is 2. The number of nitrogen functional groups attached to an aromatic ring is 1. The van der Waals surface area contributed by atoms with Crippen LogP contribution in [0.2, 0.25) is 5.02 Å². The van der Waals surface area contributed by atoms with Gasteiger partial charge in [0.2, 0.25) is 5.95 Å². The van der Waals surface area contributed by atoms with Crippen LogP contribution < -0.4 is 16.4 Å². The lowest BCUT2D eigenvalue weighted by atomic mass is 10.2. The first-order valence-corrected chi connectivity index (χ1v) is 8.03. The molecule has 25 heavy (non-hydrogen) atoms. The molecule has 9 heteroatoms. The van der Waals surface area contributed by atoms with Crippen molar-refractivity contribution in [3.8, 4) is 0 Å². The second kappa shape index (κ2) is 7.82. The Morgan fingerprint density at radius 2 is 2.16 bits per heavy atom. The van der Waals surface area contributed by atoms with E-state index in [1.54, 1.807) is 17.1 Å². The quantitative estimate of drug-likeness (QED) is 0.478. The molecule has 0 aliphatic carbocycles. The van der Waals surface area contributed by atoms with Gasteiger partial charge in [-0.1, -0.05) is 23.7 Å². The summed E-state index contributed by atoms with van der Waals surface area (Å²) in [5.41, 5.74) is 8.22. The second-order valence-corrected chi connectivity index (χ2v) is 5.74. The third-order valence-electron chi connectivity index (χ3n) is 3.37. The molecule has 0 radical (unpaired) electrons. The highest BCUT2D eigenvalue weighted by atomic mass is 35.5. The van der Waals surface area contributed by atoms with Crippen molar-refractivity contribution in [2.75, 3.05) is 23.0 Å². The van der Waals surface area contributed by atoms with E-state index in [1.165, 1.54) is 6.20 Å². The second-order valence-electron chi connectivity index (χ2n) is 5.33. The largest absolute Gasteiger partial charge is 0.399 e. The van der Waals surface area contributed by atoms with Crippen LogP contribution in [0.4, 0.5) is 23.1 Å². The van der Waals surface area contributed by atoms with Crippen molar-refractivity contribution in [1.29, 1.82) is 0 Å². The minimum atomic E-state index is 0.0244. The van der Waals surface area contributed by atoms with Crippen molar-refractivity contribution >= 4 is 34.7 Å². The number of hydrogen-bond acceptors (Lipinski definition) is 7. The molecule has 0 bridgehead atoms.